The molecule has 6 heteroatoms. The molecular formula is C14H17BrN2O3. The van der Waals surface area contributed by atoms with Crippen molar-refractivity contribution in [3.8, 4) is 0 Å². The first kappa shape index (κ1) is 14.8. The van der Waals surface area contributed by atoms with E-state index in [1.165, 1.54) is 20.0 Å². The summed E-state index contributed by atoms with van der Waals surface area (Å²) in [4.78, 5) is 25.2. The van der Waals surface area contributed by atoms with Crippen LogP contribution in [-0.2, 0) is 4.74 Å². The van der Waals surface area contributed by atoms with Gasteiger partial charge in [0.1, 0.15) is 0 Å². The lowest BCUT2D eigenvalue weighted by atomic mass is 10.2. The zero-order valence-electron chi connectivity index (χ0n) is 11.5. The van der Waals surface area contributed by atoms with Crippen LogP contribution < -0.4 is 5.32 Å². The fourth-order valence-electron chi connectivity index (χ4n) is 1.86. The van der Waals surface area contributed by atoms with Gasteiger partial charge in [0.15, 0.2) is 0 Å². The molecule has 20 heavy (non-hydrogen) atoms. The largest absolute Gasteiger partial charge is 0.465 e. The van der Waals surface area contributed by atoms with Gasteiger partial charge in [0.25, 0.3) is 0 Å². The molecule has 1 N–H and O–H groups in total. The van der Waals surface area contributed by atoms with E-state index in [-0.39, 0.29) is 6.03 Å². The molecule has 2 amide bonds. The lowest BCUT2D eigenvalue weighted by Gasteiger charge is -2.18. The number of benzene rings is 1. The lowest BCUT2D eigenvalue weighted by molar-refractivity contribution is 0.0599. The minimum atomic E-state index is -0.445. The number of methoxy groups -OCH3 is 1. The molecule has 0 saturated heterocycles. The molecule has 1 aliphatic rings. The molecule has 0 heterocycles. The maximum absolute atomic E-state index is 12.0. The molecule has 2 rings (SSSR count). The van der Waals surface area contributed by atoms with Crippen LogP contribution in [0.5, 0.6) is 0 Å². The molecule has 0 radical (unpaired) electrons. The molecule has 0 aliphatic heterocycles. The Morgan fingerprint density at radius 2 is 2.15 bits per heavy atom. The van der Waals surface area contributed by atoms with Gasteiger partial charge in [-0.1, -0.05) is 0 Å². The summed E-state index contributed by atoms with van der Waals surface area (Å²) in [6.45, 7) is 0.770. The topological polar surface area (TPSA) is 58.6 Å². The van der Waals surface area contributed by atoms with Gasteiger partial charge in [-0.15, -0.1) is 0 Å². The molecule has 1 fully saturated rings. The van der Waals surface area contributed by atoms with Gasteiger partial charge in [0.05, 0.1) is 12.7 Å². The summed E-state index contributed by atoms with van der Waals surface area (Å²) in [5, 5.41) is 2.78. The van der Waals surface area contributed by atoms with Gasteiger partial charge in [0, 0.05) is 23.8 Å². The Morgan fingerprint density at radius 3 is 2.75 bits per heavy atom. The molecular weight excluding hydrogens is 324 g/mol. The molecule has 0 spiro atoms. The predicted octanol–water partition coefficient (Wildman–Crippen LogP) is 3.11. The van der Waals surface area contributed by atoms with Crippen molar-refractivity contribution >= 4 is 33.6 Å². The fourth-order valence-corrected chi connectivity index (χ4v) is 2.27. The van der Waals surface area contributed by atoms with Crippen molar-refractivity contribution < 1.29 is 14.3 Å². The Morgan fingerprint density at radius 1 is 1.45 bits per heavy atom. The Bertz CT molecular complexity index is 529. The van der Waals surface area contributed by atoms with E-state index < -0.39 is 5.97 Å². The summed E-state index contributed by atoms with van der Waals surface area (Å²) in [6.07, 6.45) is 2.39. The van der Waals surface area contributed by atoms with Crippen LogP contribution in [-0.4, -0.2) is 37.6 Å². The maximum Gasteiger partial charge on any atom is 0.339 e. The van der Waals surface area contributed by atoms with Crippen LogP contribution in [0.1, 0.15) is 23.2 Å². The molecule has 1 saturated carbocycles. The summed E-state index contributed by atoms with van der Waals surface area (Å²) >= 11 is 3.28. The predicted molar refractivity (Wildman–Crippen MR) is 79.9 cm³/mol. The Labute approximate surface area is 126 Å². The number of nitrogens with one attached hydrogen (secondary N) is 1. The van der Waals surface area contributed by atoms with E-state index in [4.69, 9.17) is 4.74 Å². The highest BCUT2D eigenvalue weighted by molar-refractivity contribution is 9.10. The van der Waals surface area contributed by atoms with Gasteiger partial charge in [-0.3, -0.25) is 0 Å². The van der Waals surface area contributed by atoms with Gasteiger partial charge in [0.2, 0.25) is 0 Å². The van der Waals surface area contributed by atoms with Gasteiger partial charge in [-0.2, -0.15) is 0 Å². The monoisotopic (exact) mass is 340 g/mol. The van der Waals surface area contributed by atoms with Crippen LogP contribution >= 0.6 is 15.9 Å². The zero-order chi connectivity index (χ0) is 14.7. The van der Waals surface area contributed by atoms with Crippen LogP contribution in [0.3, 0.4) is 0 Å². The van der Waals surface area contributed by atoms with Crippen molar-refractivity contribution in [1.29, 1.82) is 0 Å². The highest BCUT2D eigenvalue weighted by Gasteiger charge is 2.24. The third kappa shape index (κ3) is 3.72. The van der Waals surface area contributed by atoms with E-state index in [9.17, 15) is 9.59 Å². The van der Waals surface area contributed by atoms with Crippen LogP contribution in [0.2, 0.25) is 0 Å². The molecule has 0 atom stereocenters. The minimum Gasteiger partial charge on any atom is -0.465 e. The quantitative estimate of drug-likeness (QED) is 0.856. The second kappa shape index (κ2) is 6.26. The number of carbonyl (C=O) groups is 2. The first-order valence-corrected chi connectivity index (χ1v) is 7.20. The number of carbonyl (C=O) groups excluding carboxylic acids is 2. The number of ether oxygens (including phenoxy) is 1. The third-order valence-corrected chi connectivity index (χ3v) is 3.89. The van der Waals surface area contributed by atoms with E-state index in [2.05, 4.69) is 21.2 Å². The summed E-state index contributed by atoms with van der Waals surface area (Å²) in [6, 6.07) is 4.87. The van der Waals surface area contributed by atoms with Crippen LogP contribution in [0.15, 0.2) is 22.7 Å². The summed E-state index contributed by atoms with van der Waals surface area (Å²) in [5.41, 5.74) is 0.955. The number of nitrogens with zero attached hydrogens (tertiary/aromatic N) is 1. The number of halogens is 1. The molecule has 0 bridgehead atoms. The SMILES string of the molecule is COC(=O)c1cc(NC(=O)N(C)CC2CC2)ccc1Br. The van der Waals surface area contributed by atoms with Gasteiger partial charge in [-0.25, -0.2) is 9.59 Å². The number of hydrogen-bond donors (Lipinski definition) is 1. The summed E-state index contributed by atoms with van der Waals surface area (Å²) in [5.74, 6) is 0.195. The van der Waals surface area contributed by atoms with E-state index in [1.54, 1.807) is 30.1 Å². The van der Waals surface area contributed by atoms with Crippen molar-refractivity contribution in [2.45, 2.75) is 12.8 Å². The summed E-state index contributed by atoms with van der Waals surface area (Å²) < 4.78 is 5.33. The number of esters is 1. The molecule has 1 aromatic carbocycles. The zero-order valence-corrected chi connectivity index (χ0v) is 13.1. The maximum atomic E-state index is 12.0. The number of amides is 2. The average Bonchev–Trinajstić information content (AvgIpc) is 3.23. The Hall–Kier alpha value is -1.56. The number of hydrogen-bond acceptors (Lipinski definition) is 3. The van der Waals surface area contributed by atoms with E-state index in [0.29, 0.717) is 21.6 Å². The molecule has 108 valence electrons. The highest BCUT2D eigenvalue weighted by atomic mass is 79.9. The Balaban J connectivity index is 2.04. The fraction of sp³-hybridized carbons (Fsp3) is 0.429. The standard InChI is InChI=1S/C14H17BrN2O3/c1-17(8-9-3-4-9)14(19)16-10-5-6-12(15)11(7-10)13(18)20-2/h5-7,9H,3-4,8H2,1-2H3,(H,16,19). The van der Waals surface area contributed by atoms with Gasteiger partial charge in [-0.05, 0) is 52.9 Å². The van der Waals surface area contributed by atoms with Crippen LogP contribution in [0.25, 0.3) is 0 Å². The Kier molecular flexibility index (Phi) is 4.65. The molecule has 5 nitrogen and oxygen atoms in total. The third-order valence-electron chi connectivity index (χ3n) is 3.20. The highest BCUT2D eigenvalue weighted by Crippen LogP contribution is 2.29. The second-order valence-corrected chi connectivity index (χ2v) is 5.79. The number of rotatable bonds is 4. The van der Waals surface area contributed by atoms with Crippen molar-refractivity contribution in [1.82, 2.24) is 4.90 Å². The van der Waals surface area contributed by atoms with Crippen molar-refractivity contribution in [2.75, 3.05) is 26.0 Å². The van der Waals surface area contributed by atoms with E-state index in [0.717, 1.165) is 6.54 Å². The van der Waals surface area contributed by atoms with Crippen molar-refractivity contribution in [3.05, 3.63) is 28.2 Å². The van der Waals surface area contributed by atoms with E-state index in [1.807, 2.05) is 0 Å². The molecule has 1 aliphatic carbocycles. The number of anilines is 1. The van der Waals surface area contributed by atoms with E-state index >= 15 is 0 Å². The van der Waals surface area contributed by atoms with Crippen molar-refractivity contribution in [2.24, 2.45) is 5.92 Å². The van der Waals surface area contributed by atoms with Crippen molar-refractivity contribution in [3.63, 3.8) is 0 Å². The number of urea groups is 1. The smallest absolute Gasteiger partial charge is 0.339 e. The normalized spacial score (nSPS) is 13.8. The van der Waals surface area contributed by atoms with Gasteiger partial charge >= 0.3 is 12.0 Å². The molecule has 0 unspecified atom stereocenters. The average molecular weight is 341 g/mol. The first-order chi connectivity index (χ1) is 9.51. The second-order valence-electron chi connectivity index (χ2n) is 4.94. The first-order valence-electron chi connectivity index (χ1n) is 6.41. The minimum absolute atomic E-state index is 0.171. The molecule has 0 aromatic heterocycles. The van der Waals surface area contributed by atoms with Gasteiger partial charge < -0.3 is 15.0 Å². The lowest BCUT2D eigenvalue weighted by Crippen LogP contribution is -2.33. The van der Waals surface area contributed by atoms with Crippen LogP contribution in [0.4, 0.5) is 10.5 Å². The van der Waals surface area contributed by atoms with Crippen LogP contribution in [0, 0.1) is 5.92 Å². The molecule has 1 aromatic rings. The summed E-state index contributed by atoms with van der Waals surface area (Å²) in [7, 11) is 3.09.